The Labute approximate surface area is 151 Å². The SMILES string of the molecule is Cc1c(C(F)(F)F)nc2[nH]c(=S)c([C@@H]3O[C@H](CO)C(O)C3O)cc2c1C. The summed E-state index contributed by atoms with van der Waals surface area (Å²) in [5.41, 5.74) is -0.363. The third-order valence-corrected chi connectivity index (χ3v) is 5.05. The normalized spacial score (nSPS) is 26.6. The molecule has 2 aromatic rings. The number of alkyl halides is 3. The van der Waals surface area contributed by atoms with Crippen molar-refractivity contribution in [2.24, 2.45) is 0 Å². The maximum Gasteiger partial charge on any atom is 0.433 e. The first kappa shape index (κ1) is 19.2. The molecule has 4 N–H and O–H groups in total. The van der Waals surface area contributed by atoms with Crippen LogP contribution in [-0.2, 0) is 10.9 Å². The van der Waals surface area contributed by atoms with Gasteiger partial charge in [-0.1, -0.05) is 12.2 Å². The molecule has 10 heteroatoms. The summed E-state index contributed by atoms with van der Waals surface area (Å²) in [4.78, 5) is 6.31. The molecule has 0 aliphatic carbocycles. The fourth-order valence-electron chi connectivity index (χ4n) is 3.13. The number of nitrogens with one attached hydrogen (secondary N) is 1. The largest absolute Gasteiger partial charge is 0.433 e. The van der Waals surface area contributed by atoms with Crippen molar-refractivity contribution in [1.29, 1.82) is 0 Å². The molecule has 142 valence electrons. The number of hydrogen-bond donors (Lipinski definition) is 4. The lowest BCUT2D eigenvalue weighted by atomic mass is 9.99. The first-order valence-corrected chi connectivity index (χ1v) is 8.20. The molecule has 1 aliphatic rings. The lowest BCUT2D eigenvalue weighted by Gasteiger charge is -2.18. The molecular formula is C16H17F3N2O4S. The Kier molecular flexibility index (Phi) is 4.82. The first-order chi connectivity index (χ1) is 12.1. The Morgan fingerprint density at radius 3 is 2.42 bits per heavy atom. The Morgan fingerprint density at radius 1 is 1.23 bits per heavy atom. The van der Waals surface area contributed by atoms with Gasteiger partial charge < -0.3 is 25.0 Å². The monoisotopic (exact) mass is 390 g/mol. The standard InChI is InChI=1S/C16H17F3N2O4S/c1-5-6(2)13(16(17,18)19)20-14-7(5)3-8(15(26)21-14)12-11(24)10(23)9(4-22)25-12/h3,9-12,22-24H,4H2,1-2H3,(H,20,21,26)/t9-,10?,11?,12+/m1/s1. The lowest BCUT2D eigenvalue weighted by molar-refractivity contribution is -0.141. The van der Waals surface area contributed by atoms with E-state index in [1.165, 1.54) is 19.9 Å². The average molecular weight is 390 g/mol. The predicted octanol–water partition coefficient (Wildman–Crippen LogP) is 2.08. The van der Waals surface area contributed by atoms with Crippen LogP contribution in [0.5, 0.6) is 0 Å². The maximum atomic E-state index is 13.2. The van der Waals surface area contributed by atoms with Crippen LogP contribution in [0, 0.1) is 18.5 Å². The van der Waals surface area contributed by atoms with Gasteiger partial charge in [-0.2, -0.15) is 13.2 Å². The fourth-order valence-corrected chi connectivity index (χ4v) is 3.40. The predicted molar refractivity (Wildman–Crippen MR) is 88.1 cm³/mol. The van der Waals surface area contributed by atoms with Crippen molar-refractivity contribution in [3.63, 3.8) is 0 Å². The second kappa shape index (κ2) is 6.54. The minimum atomic E-state index is -4.60. The molecule has 0 bridgehead atoms. The molecule has 3 heterocycles. The van der Waals surface area contributed by atoms with Gasteiger partial charge in [-0.05, 0) is 31.0 Å². The van der Waals surface area contributed by atoms with Gasteiger partial charge in [0.1, 0.15) is 40.4 Å². The molecule has 0 spiro atoms. The van der Waals surface area contributed by atoms with Gasteiger partial charge >= 0.3 is 6.18 Å². The van der Waals surface area contributed by atoms with Crippen LogP contribution >= 0.6 is 12.2 Å². The number of aliphatic hydroxyl groups excluding tert-OH is 3. The Hall–Kier alpha value is -1.59. The van der Waals surface area contributed by atoms with Crippen LogP contribution in [0.2, 0.25) is 0 Å². The number of rotatable bonds is 2. The first-order valence-electron chi connectivity index (χ1n) is 7.80. The summed E-state index contributed by atoms with van der Waals surface area (Å²) in [5.74, 6) is 0. The highest BCUT2D eigenvalue weighted by atomic mass is 32.1. The molecule has 2 unspecified atom stereocenters. The second-order valence-corrected chi connectivity index (χ2v) is 6.69. The van der Waals surface area contributed by atoms with E-state index in [-0.39, 0.29) is 15.9 Å². The highest BCUT2D eigenvalue weighted by molar-refractivity contribution is 7.71. The van der Waals surface area contributed by atoms with Crippen molar-refractivity contribution < 1.29 is 33.2 Å². The highest BCUT2D eigenvalue weighted by Crippen LogP contribution is 2.37. The van der Waals surface area contributed by atoms with E-state index >= 15 is 0 Å². The zero-order valence-electron chi connectivity index (χ0n) is 13.8. The number of H-pyrrole nitrogens is 1. The van der Waals surface area contributed by atoms with E-state index in [9.17, 15) is 28.5 Å². The van der Waals surface area contributed by atoms with Crippen molar-refractivity contribution in [2.75, 3.05) is 6.61 Å². The number of aliphatic hydroxyl groups is 3. The van der Waals surface area contributed by atoms with Crippen LogP contribution in [0.25, 0.3) is 11.0 Å². The van der Waals surface area contributed by atoms with Crippen molar-refractivity contribution in [1.82, 2.24) is 9.97 Å². The van der Waals surface area contributed by atoms with Crippen LogP contribution in [-0.4, -0.2) is 50.2 Å². The summed E-state index contributed by atoms with van der Waals surface area (Å²) in [6.07, 6.45) is -9.22. The van der Waals surface area contributed by atoms with Crippen molar-refractivity contribution in [3.05, 3.63) is 33.1 Å². The Bertz CT molecular complexity index is 915. The molecule has 4 atom stereocenters. The molecule has 3 rings (SSSR count). The highest BCUT2D eigenvalue weighted by Gasteiger charge is 2.44. The number of aryl methyl sites for hydroxylation is 1. The zero-order valence-corrected chi connectivity index (χ0v) is 14.6. The summed E-state index contributed by atoms with van der Waals surface area (Å²) in [6.45, 7) is 2.37. The molecule has 26 heavy (non-hydrogen) atoms. The van der Waals surface area contributed by atoms with Gasteiger partial charge in [0.15, 0.2) is 0 Å². The number of halogens is 3. The molecule has 6 nitrogen and oxygen atoms in total. The van der Waals surface area contributed by atoms with E-state index in [1.807, 2.05) is 0 Å². The minimum Gasteiger partial charge on any atom is -0.394 e. The molecule has 0 amide bonds. The summed E-state index contributed by atoms with van der Waals surface area (Å²) < 4.78 is 45.0. The van der Waals surface area contributed by atoms with E-state index in [0.717, 1.165) is 0 Å². The van der Waals surface area contributed by atoms with Crippen LogP contribution in [0.15, 0.2) is 6.07 Å². The van der Waals surface area contributed by atoms with Gasteiger partial charge in [0.25, 0.3) is 0 Å². The lowest BCUT2D eigenvalue weighted by Crippen LogP contribution is -2.32. The maximum absolute atomic E-state index is 13.2. The van der Waals surface area contributed by atoms with Gasteiger partial charge in [0, 0.05) is 10.9 Å². The number of ether oxygens (including phenoxy) is 1. The average Bonchev–Trinajstić information content (AvgIpc) is 2.84. The number of hydrogen-bond acceptors (Lipinski definition) is 6. The summed E-state index contributed by atoms with van der Waals surface area (Å²) >= 11 is 5.18. The van der Waals surface area contributed by atoms with Crippen molar-refractivity contribution >= 4 is 23.3 Å². The van der Waals surface area contributed by atoms with E-state index in [1.54, 1.807) is 0 Å². The molecule has 0 aromatic carbocycles. The summed E-state index contributed by atoms with van der Waals surface area (Å²) in [6, 6.07) is 1.50. The van der Waals surface area contributed by atoms with Gasteiger partial charge in [0.05, 0.1) is 6.61 Å². The molecule has 2 aromatic heterocycles. The minimum absolute atomic E-state index is 0.0115. The number of fused-ring (bicyclic) bond motifs is 1. The molecule has 1 saturated heterocycles. The molecule has 1 fully saturated rings. The molecule has 0 saturated carbocycles. The number of aromatic nitrogens is 2. The van der Waals surface area contributed by atoms with Gasteiger partial charge in [-0.25, -0.2) is 4.98 Å². The number of aromatic amines is 1. The van der Waals surface area contributed by atoms with Gasteiger partial charge in [-0.15, -0.1) is 0 Å². The molecule has 1 aliphatic heterocycles. The van der Waals surface area contributed by atoms with Crippen LogP contribution in [0.1, 0.15) is 28.5 Å². The quantitative estimate of drug-likeness (QED) is 0.586. The van der Waals surface area contributed by atoms with Crippen LogP contribution < -0.4 is 0 Å². The van der Waals surface area contributed by atoms with Crippen LogP contribution in [0.3, 0.4) is 0 Å². The van der Waals surface area contributed by atoms with Gasteiger partial charge in [0.2, 0.25) is 0 Å². The fraction of sp³-hybridized carbons (Fsp3) is 0.500. The summed E-state index contributed by atoms with van der Waals surface area (Å²) in [7, 11) is 0. The van der Waals surface area contributed by atoms with E-state index in [2.05, 4.69) is 9.97 Å². The summed E-state index contributed by atoms with van der Waals surface area (Å²) in [5, 5.41) is 29.7. The Balaban J connectivity index is 2.18. The number of pyridine rings is 2. The van der Waals surface area contributed by atoms with E-state index < -0.39 is 42.9 Å². The zero-order chi connectivity index (χ0) is 19.4. The van der Waals surface area contributed by atoms with E-state index in [0.29, 0.717) is 16.5 Å². The van der Waals surface area contributed by atoms with Gasteiger partial charge in [-0.3, -0.25) is 0 Å². The Morgan fingerprint density at radius 2 is 1.88 bits per heavy atom. The topological polar surface area (TPSA) is 98.6 Å². The third kappa shape index (κ3) is 3.01. The van der Waals surface area contributed by atoms with E-state index in [4.69, 9.17) is 17.0 Å². The number of nitrogens with zero attached hydrogens (tertiary/aromatic N) is 1. The third-order valence-electron chi connectivity index (χ3n) is 4.71. The van der Waals surface area contributed by atoms with Crippen molar-refractivity contribution in [2.45, 2.75) is 44.4 Å². The smallest absolute Gasteiger partial charge is 0.394 e. The molecular weight excluding hydrogens is 373 g/mol. The van der Waals surface area contributed by atoms with Crippen LogP contribution in [0.4, 0.5) is 13.2 Å². The van der Waals surface area contributed by atoms with Crippen molar-refractivity contribution in [3.8, 4) is 0 Å². The second-order valence-electron chi connectivity index (χ2n) is 6.28. The molecule has 0 radical (unpaired) electrons.